The van der Waals surface area contributed by atoms with Gasteiger partial charge in [0.05, 0.1) is 25.5 Å². The summed E-state index contributed by atoms with van der Waals surface area (Å²) in [6.07, 6.45) is 0. The number of sulfonamides is 1. The van der Waals surface area contributed by atoms with Crippen molar-refractivity contribution in [2.45, 2.75) is 25.3 Å². The van der Waals surface area contributed by atoms with Crippen LogP contribution in [0.15, 0.2) is 64.3 Å². The Labute approximate surface area is 191 Å². The lowest BCUT2D eigenvalue weighted by Crippen LogP contribution is -2.32. The summed E-state index contributed by atoms with van der Waals surface area (Å²) in [5.74, 6) is 0.647. The lowest BCUT2D eigenvalue weighted by atomic mass is 10.1. The summed E-state index contributed by atoms with van der Waals surface area (Å²) >= 11 is 5.92. The van der Waals surface area contributed by atoms with E-state index in [0.717, 1.165) is 5.56 Å². The summed E-state index contributed by atoms with van der Waals surface area (Å²) in [5, 5.41) is 4.93. The number of rotatable bonds is 10. The van der Waals surface area contributed by atoms with Gasteiger partial charge in [0.1, 0.15) is 16.4 Å². The van der Waals surface area contributed by atoms with Gasteiger partial charge in [-0.3, -0.25) is 4.79 Å². The molecule has 32 heavy (non-hydrogen) atoms. The lowest BCUT2D eigenvalue weighted by molar-refractivity contribution is 0.322. The Bertz CT molecular complexity index is 1230. The van der Waals surface area contributed by atoms with Crippen molar-refractivity contribution >= 4 is 21.6 Å². The number of ether oxygens (including phenoxy) is 2. The Morgan fingerprint density at radius 2 is 1.72 bits per heavy atom. The molecule has 0 spiro atoms. The van der Waals surface area contributed by atoms with Crippen LogP contribution in [0.25, 0.3) is 11.3 Å². The number of nitrogens with zero attached hydrogens (tertiary/aromatic N) is 2. The van der Waals surface area contributed by atoms with Crippen molar-refractivity contribution in [2.75, 3.05) is 19.8 Å². The topological polar surface area (TPSA) is 99.5 Å². The van der Waals surface area contributed by atoms with Gasteiger partial charge in [0, 0.05) is 29.3 Å². The fourth-order valence-corrected chi connectivity index (χ4v) is 4.28. The maximum atomic E-state index is 12.9. The van der Waals surface area contributed by atoms with E-state index in [9.17, 15) is 13.2 Å². The van der Waals surface area contributed by atoms with Crippen LogP contribution in [0, 0.1) is 0 Å². The van der Waals surface area contributed by atoms with Crippen LogP contribution in [0.1, 0.15) is 13.8 Å². The molecule has 10 heteroatoms. The van der Waals surface area contributed by atoms with Gasteiger partial charge in [0.25, 0.3) is 5.56 Å². The normalized spacial score (nSPS) is 11.3. The van der Waals surface area contributed by atoms with Gasteiger partial charge in [0.15, 0.2) is 0 Å². The summed E-state index contributed by atoms with van der Waals surface area (Å²) in [5.41, 5.74) is 1.03. The molecule has 0 saturated carbocycles. The minimum absolute atomic E-state index is 0.0273. The fourth-order valence-electron chi connectivity index (χ4n) is 2.98. The third kappa shape index (κ3) is 5.87. The molecule has 0 radical (unpaired) electrons. The minimum Gasteiger partial charge on any atom is -0.494 e. The van der Waals surface area contributed by atoms with E-state index in [-0.39, 0.29) is 29.3 Å². The van der Waals surface area contributed by atoms with E-state index in [1.807, 2.05) is 6.92 Å². The van der Waals surface area contributed by atoms with E-state index in [1.165, 1.54) is 16.8 Å². The summed E-state index contributed by atoms with van der Waals surface area (Å²) in [6, 6.07) is 14.7. The molecule has 1 aromatic heterocycles. The van der Waals surface area contributed by atoms with Crippen LogP contribution in [0.4, 0.5) is 0 Å². The molecule has 3 rings (SSSR count). The fraction of sp³-hybridized carbons (Fsp3) is 0.273. The van der Waals surface area contributed by atoms with Crippen LogP contribution in [-0.4, -0.2) is 38.0 Å². The minimum atomic E-state index is -3.92. The first-order chi connectivity index (χ1) is 15.3. The Hall–Kier alpha value is -2.88. The monoisotopic (exact) mass is 477 g/mol. The molecule has 0 amide bonds. The third-order valence-electron chi connectivity index (χ3n) is 4.44. The maximum Gasteiger partial charge on any atom is 0.266 e. The molecule has 0 aliphatic heterocycles. The van der Waals surface area contributed by atoms with Gasteiger partial charge in [0.2, 0.25) is 10.0 Å². The number of hydrogen-bond donors (Lipinski definition) is 1. The molecule has 0 aliphatic rings. The largest absolute Gasteiger partial charge is 0.494 e. The average molecular weight is 478 g/mol. The van der Waals surface area contributed by atoms with E-state index >= 15 is 0 Å². The lowest BCUT2D eigenvalue weighted by Gasteiger charge is -2.14. The Morgan fingerprint density at radius 1 is 1.00 bits per heavy atom. The Kier molecular flexibility index (Phi) is 7.89. The summed E-state index contributed by atoms with van der Waals surface area (Å²) in [6.45, 7) is 4.31. The molecule has 0 unspecified atom stereocenters. The van der Waals surface area contributed by atoms with E-state index in [0.29, 0.717) is 29.7 Å². The van der Waals surface area contributed by atoms with Gasteiger partial charge in [-0.25, -0.2) is 17.8 Å². The molecule has 1 heterocycles. The first kappa shape index (κ1) is 23.8. The van der Waals surface area contributed by atoms with Gasteiger partial charge < -0.3 is 9.47 Å². The summed E-state index contributed by atoms with van der Waals surface area (Å²) in [4.78, 5) is 12.2. The Morgan fingerprint density at radius 3 is 2.41 bits per heavy atom. The van der Waals surface area contributed by atoms with Crippen molar-refractivity contribution < 1.29 is 17.9 Å². The van der Waals surface area contributed by atoms with Crippen LogP contribution in [0.3, 0.4) is 0 Å². The van der Waals surface area contributed by atoms with E-state index < -0.39 is 10.0 Å². The van der Waals surface area contributed by atoms with Gasteiger partial charge >= 0.3 is 0 Å². The smallest absolute Gasteiger partial charge is 0.266 e. The highest BCUT2D eigenvalue weighted by Gasteiger charge is 2.21. The zero-order valence-corrected chi connectivity index (χ0v) is 19.3. The van der Waals surface area contributed by atoms with Gasteiger partial charge in [-0.2, -0.15) is 5.10 Å². The van der Waals surface area contributed by atoms with Crippen molar-refractivity contribution in [3.63, 3.8) is 0 Å². The van der Waals surface area contributed by atoms with Crippen molar-refractivity contribution in [3.05, 3.63) is 70.0 Å². The number of nitrogens with one attached hydrogen (secondary N) is 1. The zero-order chi connectivity index (χ0) is 23.1. The predicted octanol–water partition coefficient (Wildman–Crippen LogP) is 3.34. The predicted molar refractivity (Wildman–Crippen MR) is 123 cm³/mol. The highest BCUT2D eigenvalue weighted by Crippen LogP contribution is 2.28. The SMILES string of the molecule is CCOc1ccc(OCC)c(S(=O)(=O)NCCn2nc(-c3ccc(Cl)cc3)ccc2=O)c1. The molecule has 2 aromatic carbocycles. The summed E-state index contributed by atoms with van der Waals surface area (Å²) in [7, 11) is -3.92. The zero-order valence-electron chi connectivity index (χ0n) is 17.7. The van der Waals surface area contributed by atoms with Gasteiger partial charge in [-0.05, 0) is 44.2 Å². The first-order valence-corrected chi connectivity index (χ1v) is 11.9. The maximum absolute atomic E-state index is 12.9. The standard InChI is InChI=1S/C22H24ClN3O5S/c1-3-30-18-9-11-20(31-4-2)21(15-18)32(28,29)24-13-14-26-22(27)12-10-19(25-26)16-5-7-17(23)8-6-16/h5-12,15,24H,3-4,13-14H2,1-2H3. The number of halogens is 1. The van der Waals surface area contributed by atoms with Crippen LogP contribution < -0.4 is 19.8 Å². The van der Waals surface area contributed by atoms with Crippen LogP contribution >= 0.6 is 11.6 Å². The highest BCUT2D eigenvalue weighted by molar-refractivity contribution is 7.89. The van der Waals surface area contributed by atoms with E-state index in [4.69, 9.17) is 21.1 Å². The van der Waals surface area contributed by atoms with Crippen LogP contribution in [-0.2, 0) is 16.6 Å². The second kappa shape index (κ2) is 10.6. The van der Waals surface area contributed by atoms with Gasteiger partial charge in [-0.15, -0.1) is 0 Å². The molecular weight excluding hydrogens is 454 g/mol. The average Bonchev–Trinajstić information content (AvgIpc) is 2.77. The van der Waals surface area contributed by atoms with Crippen molar-refractivity contribution in [3.8, 4) is 22.8 Å². The van der Waals surface area contributed by atoms with Crippen LogP contribution in [0.5, 0.6) is 11.5 Å². The molecule has 1 N–H and O–H groups in total. The van der Waals surface area contributed by atoms with Crippen molar-refractivity contribution in [1.29, 1.82) is 0 Å². The van der Waals surface area contributed by atoms with Gasteiger partial charge in [-0.1, -0.05) is 23.7 Å². The number of benzene rings is 2. The quantitative estimate of drug-likeness (QED) is 0.480. The molecular formula is C22H24ClN3O5S. The Balaban J connectivity index is 1.77. The summed E-state index contributed by atoms with van der Waals surface area (Å²) < 4.78 is 40.4. The first-order valence-electron chi connectivity index (χ1n) is 10.1. The highest BCUT2D eigenvalue weighted by atomic mass is 35.5. The molecule has 0 atom stereocenters. The molecule has 0 saturated heterocycles. The molecule has 170 valence electrons. The molecule has 0 fully saturated rings. The van der Waals surface area contributed by atoms with E-state index in [2.05, 4.69) is 9.82 Å². The second-order valence-electron chi connectivity index (χ2n) is 6.66. The number of aromatic nitrogens is 2. The van der Waals surface area contributed by atoms with Crippen molar-refractivity contribution in [1.82, 2.24) is 14.5 Å². The molecule has 0 aliphatic carbocycles. The van der Waals surface area contributed by atoms with E-state index in [1.54, 1.807) is 49.4 Å². The molecule has 0 bridgehead atoms. The molecule has 3 aromatic rings. The molecule has 8 nitrogen and oxygen atoms in total. The second-order valence-corrected chi connectivity index (χ2v) is 8.83. The third-order valence-corrected chi connectivity index (χ3v) is 6.17. The number of hydrogen-bond acceptors (Lipinski definition) is 6. The van der Waals surface area contributed by atoms with Crippen LogP contribution in [0.2, 0.25) is 5.02 Å². The van der Waals surface area contributed by atoms with Crippen molar-refractivity contribution in [2.24, 2.45) is 0 Å².